The molecule has 3 amide bonds. The zero-order chi connectivity index (χ0) is 26.1. The highest BCUT2D eigenvalue weighted by molar-refractivity contribution is 5.98. The van der Waals surface area contributed by atoms with Gasteiger partial charge in [-0.1, -0.05) is 50.5 Å². The maximum absolute atomic E-state index is 13.2. The molecular weight excluding hydrogens is 458 g/mol. The van der Waals surface area contributed by atoms with Crippen molar-refractivity contribution in [2.45, 2.75) is 70.5 Å². The van der Waals surface area contributed by atoms with Crippen molar-refractivity contribution in [3.8, 4) is 5.75 Å². The Hall–Kier alpha value is -3.42. The van der Waals surface area contributed by atoms with Gasteiger partial charge in [-0.05, 0) is 55.4 Å². The van der Waals surface area contributed by atoms with Crippen LogP contribution in [0.5, 0.6) is 5.75 Å². The summed E-state index contributed by atoms with van der Waals surface area (Å²) in [5.74, 6) is 0.310. The van der Waals surface area contributed by atoms with Crippen LogP contribution in [0.25, 0.3) is 0 Å². The first-order valence-corrected chi connectivity index (χ1v) is 12.7. The molecule has 194 valence electrons. The number of aldehydes is 1. The van der Waals surface area contributed by atoms with E-state index >= 15 is 0 Å². The normalized spacial score (nSPS) is 20.1. The summed E-state index contributed by atoms with van der Waals surface area (Å²) >= 11 is 0. The highest BCUT2D eigenvalue weighted by atomic mass is 16.5. The Morgan fingerprint density at radius 2 is 1.92 bits per heavy atom. The van der Waals surface area contributed by atoms with Crippen molar-refractivity contribution in [1.82, 2.24) is 16.0 Å². The number of unbranched alkanes of at least 4 members (excludes halogenated alkanes) is 2. The highest BCUT2D eigenvalue weighted by Crippen LogP contribution is 2.44. The molecule has 3 N–H and O–H groups in total. The zero-order valence-electron chi connectivity index (χ0n) is 21.3. The van der Waals surface area contributed by atoms with Gasteiger partial charge in [0, 0.05) is 12.0 Å². The fourth-order valence-electron chi connectivity index (χ4n) is 4.29. The van der Waals surface area contributed by atoms with E-state index < -0.39 is 35.8 Å². The van der Waals surface area contributed by atoms with Gasteiger partial charge in [0.05, 0.1) is 13.2 Å². The lowest BCUT2D eigenvalue weighted by Gasteiger charge is -2.23. The number of nitrogens with one attached hydrogen (secondary N) is 3. The van der Waals surface area contributed by atoms with Crippen LogP contribution in [-0.4, -0.2) is 49.2 Å². The number of amides is 3. The Kier molecular flexibility index (Phi) is 9.85. The summed E-state index contributed by atoms with van der Waals surface area (Å²) in [5, 5.41) is 8.23. The van der Waals surface area contributed by atoms with E-state index in [2.05, 4.69) is 35.0 Å². The molecule has 8 nitrogen and oxygen atoms in total. The fraction of sp³-hybridized carbons (Fsp3) is 0.500. The third-order valence-corrected chi connectivity index (χ3v) is 6.63. The molecule has 36 heavy (non-hydrogen) atoms. The Bertz CT molecular complexity index is 1020. The SMILES string of the molecule is CCCCCC(C=O)NC(=O)[C@H](C)NC(=O)[C@H](CC1=CC2CC2C=C1)NC(=O)c1cccc(OC)c1. The molecule has 3 rings (SSSR count). The molecule has 1 fully saturated rings. The van der Waals surface area contributed by atoms with E-state index in [0.717, 1.165) is 37.5 Å². The molecule has 8 heteroatoms. The molecule has 0 saturated heterocycles. The van der Waals surface area contributed by atoms with E-state index in [1.54, 1.807) is 31.2 Å². The van der Waals surface area contributed by atoms with Gasteiger partial charge in [0.25, 0.3) is 5.91 Å². The molecule has 1 saturated carbocycles. The topological polar surface area (TPSA) is 114 Å². The smallest absolute Gasteiger partial charge is 0.252 e. The maximum atomic E-state index is 13.2. The molecule has 2 aliphatic rings. The van der Waals surface area contributed by atoms with Crippen LogP contribution in [0.4, 0.5) is 0 Å². The lowest BCUT2D eigenvalue weighted by molar-refractivity contribution is -0.130. The van der Waals surface area contributed by atoms with Gasteiger partial charge in [-0.25, -0.2) is 0 Å². The second-order valence-electron chi connectivity index (χ2n) is 9.60. The van der Waals surface area contributed by atoms with Crippen LogP contribution >= 0.6 is 0 Å². The summed E-state index contributed by atoms with van der Waals surface area (Å²) in [6, 6.07) is 4.36. The van der Waals surface area contributed by atoms with Crippen molar-refractivity contribution >= 4 is 24.0 Å². The number of allylic oxidation sites excluding steroid dienone is 3. The van der Waals surface area contributed by atoms with Gasteiger partial charge < -0.3 is 25.5 Å². The molecule has 3 unspecified atom stereocenters. The molecule has 0 bridgehead atoms. The highest BCUT2D eigenvalue weighted by Gasteiger charge is 2.36. The third-order valence-electron chi connectivity index (χ3n) is 6.63. The second-order valence-corrected chi connectivity index (χ2v) is 9.60. The Morgan fingerprint density at radius 1 is 1.11 bits per heavy atom. The van der Waals surface area contributed by atoms with Crippen LogP contribution in [-0.2, 0) is 14.4 Å². The number of rotatable bonds is 14. The van der Waals surface area contributed by atoms with Crippen molar-refractivity contribution in [1.29, 1.82) is 0 Å². The first kappa shape index (κ1) is 27.2. The minimum Gasteiger partial charge on any atom is -0.497 e. The molecule has 0 heterocycles. The van der Waals surface area contributed by atoms with Gasteiger partial charge in [0.1, 0.15) is 24.1 Å². The second kappa shape index (κ2) is 13.0. The van der Waals surface area contributed by atoms with E-state index in [4.69, 9.17) is 4.74 Å². The molecular formula is C28H37N3O5. The van der Waals surface area contributed by atoms with Gasteiger partial charge in [0.15, 0.2) is 0 Å². The first-order chi connectivity index (χ1) is 17.3. The maximum Gasteiger partial charge on any atom is 0.252 e. The van der Waals surface area contributed by atoms with E-state index in [1.807, 2.05) is 6.08 Å². The number of hydrogen-bond acceptors (Lipinski definition) is 5. The minimum atomic E-state index is -0.878. The number of carbonyl (C=O) groups excluding carboxylic acids is 4. The van der Waals surface area contributed by atoms with Crippen molar-refractivity contribution in [2.75, 3.05) is 7.11 Å². The molecule has 0 aromatic heterocycles. The average Bonchev–Trinajstić information content (AvgIpc) is 3.66. The third kappa shape index (κ3) is 7.80. The van der Waals surface area contributed by atoms with Crippen LogP contribution in [0.15, 0.2) is 48.1 Å². The molecule has 0 spiro atoms. The fourth-order valence-corrected chi connectivity index (χ4v) is 4.29. The van der Waals surface area contributed by atoms with Crippen molar-refractivity contribution < 1.29 is 23.9 Å². The van der Waals surface area contributed by atoms with Gasteiger partial charge in [-0.3, -0.25) is 14.4 Å². The van der Waals surface area contributed by atoms with Gasteiger partial charge in [0.2, 0.25) is 11.8 Å². The largest absolute Gasteiger partial charge is 0.497 e. The van der Waals surface area contributed by atoms with Crippen LogP contribution in [0, 0.1) is 11.8 Å². The van der Waals surface area contributed by atoms with E-state index in [-0.39, 0.29) is 0 Å². The van der Waals surface area contributed by atoms with Gasteiger partial charge >= 0.3 is 0 Å². The molecule has 0 radical (unpaired) electrons. The van der Waals surface area contributed by atoms with Crippen LogP contribution < -0.4 is 20.7 Å². The number of ether oxygens (including phenoxy) is 1. The monoisotopic (exact) mass is 495 g/mol. The van der Waals surface area contributed by atoms with E-state index in [1.165, 1.54) is 7.11 Å². The average molecular weight is 496 g/mol. The number of benzene rings is 1. The number of fused-ring (bicyclic) bond motifs is 1. The summed E-state index contributed by atoms with van der Waals surface area (Å²) in [6.45, 7) is 3.63. The summed E-state index contributed by atoms with van der Waals surface area (Å²) in [7, 11) is 1.52. The molecule has 1 aromatic carbocycles. The summed E-state index contributed by atoms with van der Waals surface area (Å²) in [6.07, 6.45) is 11.9. The quantitative estimate of drug-likeness (QED) is 0.271. The summed E-state index contributed by atoms with van der Waals surface area (Å²) in [5.41, 5.74) is 1.35. The lowest BCUT2D eigenvalue weighted by Crippen LogP contribution is -2.54. The van der Waals surface area contributed by atoms with E-state index in [9.17, 15) is 19.2 Å². The molecule has 2 aliphatic carbocycles. The van der Waals surface area contributed by atoms with Gasteiger partial charge in [-0.2, -0.15) is 0 Å². The Balaban J connectivity index is 1.65. The van der Waals surface area contributed by atoms with E-state index in [0.29, 0.717) is 36.0 Å². The number of methoxy groups -OCH3 is 1. The number of carbonyl (C=O) groups is 4. The first-order valence-electron chi connectivity index (χ1n) is 12.7. The Morgan fingerprint density at radius 3 is 2.61 bits per heavy atom. The van der Waals surface area contributed by atoms with Crippen molar-refractivity contribution in [3.05, 3.63) is 53.6 Å². The van der Waals surface area contributed by atoms with Gasteiger partial charge in [-0.15, -0.1) is 0 Å². The van der Waals surface area contributed by atoms with Crippen LogP contribution in [0.2, 0.25) is 0 Å². The standard InChI is InChI=1S/C28H37N3O5/c1-4-5-6-9-23(17-32)30-26(33)18(2)29-28(35)25(14-19-11-12-20-15-22(20)13-19)31-27(34)21-8-7-10-24(16-21)36-3/h7-8,10-13,16-18,20,22-23,25H,4-6,9,14-15H2,1-3H3,(H,29,35)(H,30,33)(H,31,34)/t18-,20?,22?,23?,25-/m0/s1. The molecule has 1 aromatic rings. The Labute approximate surface area is 212 Å². The predicted molar refractivity (Wildman–Crippen MR) is 137 cm³/mol. The predicted octanol–water partition coefficient (Wildman–Crippen LogP) is 3.08. The van der Waals surface area contributed by atoms with Crippen LogP contribution in [0.1, 0.15) is 62.7 Å². The minimum absolute atomic E-state index is 0.309. The lowest BCUT2D eigenvalue weighted by atomic mass is 9.99. The molecule has 5 atom stereocenters. The van der Waals surface area contributed by atoms with Crippen molar-refractivity contribution in [3.63, 3.8) is 0 Å². The summed E-state index contributed by atoms with van der Waals surface area (Å²) in [4.78, 5) is 50.2. The summed E-state index contributed by atoms with van der Waals surface area (Å²) < 4.78 is 5.20. The van der Waals surface area contributed by atoms with Crippen LogP contribution in [0.3, 0.4) is 0 Å². The number of hydrogen-bond donors (Lipinski definition) is 3. The molecule has 0 aliphatic heterocycles. The van der Waals surface area contributed by atoms with Crippen molar-refractivity contribution in [2.24, 2.45) is 11.8 Å². The zero-order valence-corrected chi connectivity index (χ0v) is 21.3.